The lowest BCUT2D eigenvalue weighted by molar-refractivity contribution is 0.199. The molecule has 4 heteroatoms. The molecule has 20 heavy (non-hydrogen) atoms. The fourth-order valence-corrected chi connectivity index (χ4v) is 2.57. The Balaban J connectivity index is 2.82. The normalized spacial score (nSPS) is 11.1. The summed E-state index contributed by atoms with van der Waals surface area (Å²) in [7, 11) is 1.73. The van der Waals surface area contributed by atoms with Crippen molar-refractivity contribution in [3.05, 3.63) is 28.2 Å². The molecule has 0 fully saturated rings. The third kappa shape index (κ3) is 5.81. The molecular formula is C16H27BrN2O. The molecule has 1 aromatic rings. The van der Waals surface area contributed by atoms with E-state index in [0.717, 1.165) is 37.3 Å². The molecule has 114 valence electrons. The highest BCUT2D eigenvalue weighted by Gasteiger charge is 2.11. The first-order valence-corrected chi connectivity index (χ1v) is 8.10. The number of rotatable bonds is 9. The summed E-state index contributed by atoms with van der Waals surface area (Å²) in [6, 6.07) is 6.53. The van der Waals surface area contributed by atoms with Gasteiger partial charge in [0.05, 0.1) is 6.61 Å². The summed E-state index contributed by atoms with van der Waals surface area (Å²) in [5.74, 6) is 0.656. The Kier molecular flexibility index (Phi) is 8.19. The molecule has 1 aromatic carbocycles. The summed E-state index contributed by atoms with van der Waals surface area (Å²) in [4.78, 5) is 2.45. The van der Waals surface area contributed by atoms with Crippen molar-refractivity contribution in [3.63, 3.8) is 0 Å². The molecule has 3 nitrogen and oxygen atoms in total. The summed E-state index contributed by atoms with van der Waals surface area (Å²) >= 11 is 3.59. The highest BCUT2D eigenvalue weighted by atomic mass is 79.9. The number of anilines is 1. The Morgan fingerprint density at radius 1 is 1.35 bits per heavy atom. The molecule has 1 N–H and O–H groups in total. The molecule has 0 spiro atoms. The quantitative estimate of drug-likeness (QED) is 0.693. The zero-order chi connectivity index (χ0) is 15.0. The Morgan fingerprint density at radius 2 is 2.10 bits per heavy atom. The van der Waals surface area contributed by atoms with E-state index in [1.165, 1.54) is 11.3 Å². The van der Waals surface area contributed by atoms with Crippen molar-refractivity contribution in [1.82, 2.24) is 5.32 Å². The molecule has 1 rings (SSSR count). The third-order valence-corrected chi connectivity index (χ3v) is 3.65. The zero-order valence-electron chi connectivity index (χ0n) is 13.1. The molecule has 0 aliphatic rings. The minimum atomic E-state index is 0.656. The molecule has 0 heterocycles. The van der Waals surface area contributed by atoms with Gasteiger partial charge in [-0.15, -0.1) is 0 Å². The summed E-state index contributed by atoms with van der Waals surface area (Å²) in [6.45, 7) is 11.3. The molecule has 0 saturated carbocycles. The van der Waals surface area contributed by atoms with Gasteiger partial charge in [-0.1, -0.05) is 35.8 Å². The van der Waals surface area contributed by atoms with Crippen LogP contribution in [0.2, 0.25) is 0 Å². The van der Waals surface area contributed by atoms with Crippen LogP contribution in [0, 0.1) is 5.92 Å². The van der Waals surface area contributed by atoms with Gasteiger partial charge >= 0.3 is 0 Å². The van der Waals surface area contributed by atoms with Gasteiger partial charge in [-0.2, -0.15) is 0 Å². The van der Waals surface area contributed by atoms with Crippen molar-refractivity contribution in [2.45, 2.75) is 27.3 Å². The molecule has 0 saturated heterocycles. The maximum absolute atomic E-state index is 5.07. The van der Waals surface area contributed by atoms with Crippen LogP contribution < -0.4 is 10.2 Å². The SMILES string of the molecule is CCN(CC(C)C)c1cc(Br)ccc1CNCCOC. The van der Waals surface area contributed by atoms with Crippen LogP contribution in [0.4, 0.5) is 5.69 Å². The van der Waals surface area contributed by atoms with Crippen molar-refractivity contribution in [1.29, 1.82) is 0 Å². The summed E-state index contributed by atoms with van der Waals surface area (Å²) in [6.07, 6.45) is 0. The van der Waals surface area contributed by atoms with Crippen LogP contribution in [0.25, 0.3) is 0 Å². The Morgan fingerprint density at radius 3 is 2.70 bits per heavy atom. The lowest BCUT2D eigenvalue weighted by Crippen LogP contribution is -2.29. The summed E-state index contributed by atoms with van der Waals surface area (Å²) in [5.41, 5.74) is 2.66. The third-order valence-electron chi connectivity index (χ3n) is 3.15. The molecule has 0 amide bonds. The summed E-state index contributed by atoms with van der Waals surface area (Å²) < 4.78 is 6.20. The second kappa shape index (κ2) is 9.37. The maximum Gasteiger partial charge on any atom is 0.0587 e. The minimum absolute atomic E-state index is 0.656. The van der Waals surface area contributed by atoms with Crippen molar-refractivity contribution in [3.8, 4) is 0 Å². The predicted octanol–water partition coefficient (Wildman–Crippen LogP) is 3.67. The van der Waals surface area contributed by atoms with Gasteiger partial charge in [-0.05, 0) is 30.5 Å². The monoisotopic (exact) mass is 342 g/mol. The first-order chi connectivity index (χ1) is 9.58. The number of ether oxygens (including phenoxy) is 1. The van der Waals surface area contributed by atoms with E-state index in [1.807, 2.05) is 0 Å². The number of nitrogens with zero attached hydrogens (tertiary/aromatic N) is 1. The number of methoxy groups -OCH3 is 1. The van der Waals surface area contributed by atoms with E-state index >= 15 is 0 Å². The van der Waals surface area contributed by atoms with E-state index in [2.05, 4.69) is 65.1 Å². The molecule has 0 aliphatic heterocycles. The standard InChI is InChI=1S/C16H27BrN2O/c1-5-19(12-13(2)3)16-10-15(17)7-6-14(16)11-18-8-9-20-4/h6-7,10,13,18H,5,8-9,11-12H2,1-4H3. The second-order valence-corrected chi connectivity index (χ2v) is 6.29. The highest BCUT2D eigenvalue weighted by molar-refractivity contribution is 9.10. The average molecular weight is 343 g/mol. The van der Waals surface area contributed by atoms with Gasteiger partial charge in [0.25, 0.3) is 0 Å². The molecule has 0 aromatic heterocycles. The Hall–Kier alpha value is -0.580. The van der Waals surface area contributed by atoms with E-state index in [1.54, 1.807) is 7.11 Å². The fourth-order valence-electron chi connectivity index (χ4n) is 2.22. The minimum Gasteiger partial charge on any atom is -0.383 e. The van der Waals surface area contributed by atoms with Crippen LogP contribution in [0.1, 0.15) is 26.3 Å². The van der Waals surface area contributed by atoms with Crippen LogP contribution in [-0.4, -0.2) is 33.4 Å². The van der Waals surface area contributed by atoms with E-state index in [4.69, 9.17) is 4.74 Å². The van der Waals surface area contributed by atoms with Crippen molar-refractivity contribution >= 4 is 21.6 Å². The van der Waals surface area contributed by atoms with Crippen LogP contribution in [0.3, 0.4) is 0 Å². The van der Waals surface area contributed by atoms with Gasteiger partial charge in [0, 0.05) is 43.4 Å². The van der Waals surface area contributed by atoms with E-state index < -0.39 is 0 Å². The van der Waals surface area contributed by atoms with Gasteiger partial charge in [0.2, 0.25) is 0 Å². The van der Waals surface area contributed by atoms with E-state index in [9.17, 15) is 0 Å². The van der Waals surface area contributed by atoms with Gasteiger partial charge in [0.1, 0.15) is 0 Å². The molecule has 0 radical (unpaired) electrons. The lowest BCUT2D eigenvalue weighted by atomic mass is 10.1. The van der Waals surface area contributed by atoms with Gasteiger partial charge < -0.3 is 15.0 Å². The highest BCUT2D eigenvalue weighted by Crippen LogP contribution is 2.26. The van der Waals surface area contributed by atoms with Gasteiger partial charge in [-0.25, -0.2) is 0 Å². The average Bonchev–Trinajstić information content (AvgIpc) is 2.42. The molecular weight excluding hydrogens is 316 g/mol. The largest absolute Gasteiger partial charge is 0.383 e. The molecule has 0 atom stereocenters. The molecule has 0 aliphatic carbocycles. The van der Waals surface area contributed by atoms with Crippen molar-refractivity contribution in [2.75, 3.05) is 38.3 Å². The number of hydrogen-bond donors (Lipinski definition) is 1. The number of halogens is 1. The lowest BCUT2D eigenvalue weighted by Gasteiger charge is -2.28. The number of hydrogen-bond acceptors (Lipinski definition) is 3. The van der Waals surface area contributed by atoms with Crippen LogP contribution in [0.5, 0.6) is 0 Å². The van der Waals surface area contributed by atoms with Gasteiger partial charge in [-0.3, -0.25) is 0 Å². The molecule has 0 bridgehead atoms. The predicted molar refractivity (Wildman–Crippen MR) is 90.4 cm³/mol. The Bertz CT molecular complexity index is 396. The number of benzene rings is 1. The second-order valence-electron chi connectivity index (χ2n) is 5.38. The van der Waals surface area contributed by atoms with Crippen molar-refractivity contribution < 1.29 is 4.74 Å². The van der Waals surface area contributed by atoms with E-state index in [-0.39, 0.29) is 0 Å². The van der Waals surface area contributed by atoms with E-state index in [0.29, 0.717) is 5.92 Å². The molecule has 0 unspecified atom stereocenters. The topological polar surface area (TPSA) is 24.5 Å². The maximum atomic E-state index is 5.07. The fraction of sp³-hybridized carbons (Fsp3) is 0.625. The summed E-state index contributed by atoms with van der Waals surface area (Å²) in [5, 5.41) is 3.43. The number of nitrogens with one attached hydrogen (secondary N) is 1. The van der Waals surface area contributed by atoms with Crippen LogP contribution in [0.15, 0.2) is 22.7 Å². The zero-order valence-corrected chi connectivity index (χ0v) is 14.7. The first kappa shape index (κ1) is 17.5. The first-order valence-electron chi connectivity index (χ1n) is 7.31. The smallest absolute Gasteiger partial charge is 0.0587 e. The van der Waals surface area contributed by atoms with Crippen LogP contribution >= 0.6 is 15.9 Å². The van der Waals surface area contributed by atoms with Gasteiger partial charge in [0.15, 0.2) is 0 Å². The Labute approximate surface area is 131 Å². The van der Waals surface area contributed by atoms with Crippen LogP contribution in [-0.2, 0) is 11.3 Å². The van der Waals surface area contributed by atoms with Crippen molar-refractivity contribution in [2.24, 2.45) is 5.92 Å².